The summed E-state index contributed by atoms with van der Waals surface area (Å²) in [5.74, 6) is -0.372. The fraction of sp³-hybridized carbons (Fsp3) is 0.370. The molecular formula is C27H29F3N4O3S. The maximum Gasteiger partial charge on any atom is 0.416 e. The molecule has 3 aromatic rings. The highest BCUT2D eigenvalue weighted by Crippen LogP contribution is 2.48. The van der Waals surface area contributed by atoms with Crippen molar-refractivity contribution in [2.75, 3.05) is 30.9 Å². The van der Waals surface area contributed by atoms with Gasteiger partial charge in [0.25, 0.3) is 0 Å². The Morgan fingerprint density at radius 1 is 1.05 bits per heavy atom. The van der Waals surface area contributed by atoms with Crippen molar-refractivity contribution >= 4 is 15.9 Å². The number of hydrogen-bond acceptors (Lipinski definition) is 5. The second-order valence-corrected chi connectivity index (χ2v) is 11.5. The molecule has 0 saturated carbocycles. The highest BCUT2D eigenvalue weighted by molar-refractivity contribution is 7.90. The van der Waals surface area contributed by atoms with Gasteiger partial charge in [-0.25, -0.2) is 0 Å². The zero-order valence-corrected chi connectivity index (χ0v) is 21.3. The lowest BCUT2D eigenvalue weighted by molar-refractivity contribution is -0.137. The van der Waals surface area contributed by atoms with Crippen LogP contribution in [0.3, 0.4) is 0 Å². The largest absolute Gasteiger partial charge is 0.416 e. The number of anilines is 1. The number of alkyl halides is 3. The summed E-state index contributed by atoms with van der Waals surface area (Å²) < 4.78 is 69.8. The predicted octanol–water partition coefficient (Wildman–Crippen LogP) is 4.21. The zero-order valence-electron chi connectivity index (χ0n) is 20.5. The topological polar surface area (TPSA) is 94.6 Å². The van der Waals surface area contributed by atoms with Crippen molar-refractivity contribution in [3.05, 3.63) is 94.8 Å². The van der Waals surface area contributed by atoms with Crippen molar-refractivity contribution in [1.82, 2.24) is 14.6 Å². The zero-order chi connectivity index (χ0) is 26.9. The molecule has 1 saturated heterocycles. The summed E-state index contributed by atoms with van der Waals surface area (Å²) >= 11 is 0. The molecule has 2 aliphatic rings. The van der Waals surface area contributed by atoms with Gasteiger partial charge in [0.1, 0.15) is 0 Å². The fourth-order valence-corrected chi connectivity index (χ4v) is 6.61. The lowest BCUT2D eigenvalue weighted by Gasteiger charge is -2.31. The number of fused-ring (bicyclic) bond motifs is 5. The molecule has 2 bridgehead atoms. The summed E-state index contributed by atoms with van der Waals surface area (Å²) in [6.45, 7) is 1.41. The number of hydrogen-bond donors (Lipinski definition) is 3. The number of halogens is 3. The third-order valence-electron chi connectivity index (χ3n) is 7.25. The van der Waals surface area contributed by atoms with Crippen molar-refractivity contribution in [2.45, 2.75) is 37.0 Å². The minimum atomic E-state index is -4.43. The minimum Gasteiger partial charge on any atom is -0.387 e. The van der Waals surface area contributed by atoms with Crippen LogP contribution in [-0.2, 0) is 22.8 Å². The Bertz CT molecular complexity index is 1370. The molecule has 0 amide bonds. The van der Waals surface area contributed by atoms with Gasteiger partial charge >= 0.3 is 16.4 Å². The van der Waals surface area contributed by atoms with Crippen LogP contribution in [-0.4, -0.2) is 49.0 Å². The van der Waals surface area contributed by atoms with E-state index in [0.717, 1.165) is 22.8 Å². The van der Waals surface area contributed by atoms with Gasteiger partial charge in [-0.1, -0.05) is 24.3 Å². The number of benzene rings is 2. The van der Waals surface area contributed by atoms with Crippen molar-refractivity contribution < 1.29 is 26.7 Å². The van der Waals surface area contributed by atoms with Gasteiger partial charge in [0.2, 0.25) is 0 Å². The quantitative estimate of drug-likeness (QED) is 0.350. The molecule has 1 aliphatic carbocycles. The van der Waals surface area contributed by atoms with E-state index < -0.39 is 28.1 Å². The summed E-state index contributed by atoms with van der Waals surface area (Å²) in [6.07, 6.45) is -0.444. The van der Waals surface area contributed by atoms with Crippen molar-refractivity contribution in [1.29, 1.82) is 0 Å². The summed E-state index contributed by atoms with van der Waals surface area (Å²) in [4.78, 5) is 4.00. The Hall–Kier alpha value is -2.99. The summed E-state index contributed by atoms with van der Waals surface area (Å²) in [5, 5.41) is 13.4. The Morgan fingerprint density at radius 2 is 1.79 bits per heavy atom. The monoisotopic (exact) mass is 546 g/mol. The maximum absolute atomic E-state index is 13.2. The molecular weight excluding hydrogens is 517 g/mol. The average molecular weight is 547 g/mol. The molecule has 1 aliphatic heterocycles. The van der Waals surface area contributed by atoms with Gasteiger partial charge in [-0.3, -0.25) is 9.71 Å². The van der Waals surface area contributed by atoms with Crippen LogP contribution in [0, 0.1) is 0 Å². The number of piperidine rings is 1. The molecule has 3 atom stereocenters. The molecule has 2 heterocycles. The van der Waals surface area contributed by atoms with Gasteiger partial charge < -0.3 is 10.4 Å². The van der Waals surface area contributed by atoms with E-state index in [1.54, 1.807) is 30.6 Å². The maximum atomic E-state index is 13.2. The minimum absolute atomic E-state index is 0.117. The number of nitrogens with zero attached hydrogens (tertiary/aromatic N) is 2. The van der Waals surface area contributed by atoms with E-state index in [9.17, 15) is 26.7 Å². The van der Waals surface area contributed by atoms with Crippen LogP contribution in [0.25, 0.3) is 0 Å². The molecule has 0 radical (unpaired) electrons. The molecule has 202 valence electrons. The SMILES string of the molecule is O=S(=O)(Nc1ccc(CCNC[C@H](O)c2cccnc2)cc1)N1CC2CC(C1)c1cc(C(F)(F)F)ccc12. The number of rotatable bonds is 9. The standard InChI is InChI=1S/C27H29F3N4O3S/c28-27(29,30)22-5-8-24-20-12-21(25(24)13-22)17-34(16-20)38(36,37)33-23-6-3-18(4-7-23)9-11-32-15-26(35)19-2-1-10-31-14-19/h1-8,10,13-14,20-21,26,32-33,35H,9,11-12,15-17H2/t20?,21?,26-/m0/s1. The highest BCUT2D eigenvalue weighted by atomic mass is 32.2. The van der Waals surface area contributed by atoms with E-state index in [0.29, 0.717) is 37.2 Å². The first kappa shape index (κ1) is 26.6. The Balaban J connectivity index is 1.14. The Morgan fingerprint density at radius 3 is 2.47 bits per heavy atom. The Labute approximate surface area is 219 Å². The van der Waals surface area contributed by atoms with Gasteiger partial charge in [-0.15, -0.1) is 0 Å². The normalized spacial score (nSPS) is 20.2. The molecule has 0 spiro atoms. The first-order chi connectivity index (χ1) is 18.1. The van der Waals surface area contributed by atoms with Gasteiger partial charge in [0.05, 0.1) is 11.7 Å². The van der Waals surface area contributed by atoms with Gasteiger partial charge in [-0.2, -0.15) is 25.9 Å². The number of aliphatic hydroxyl groups excluding tert-OH is 1. The van der Waals surface area contributed by atoms with Crippen LogP contribution in [0.5, 0.6) is 0 Å². The van der Waals surface area contributed by atoms with Crippen LogP contribution < -0.4 is 10.0 Å². The number of nitrogens with one attached hydrogen (secondary N) is 2. The second kappa shape index (κ2) is 10.6. The molecule has 38 heavy (non-hydrogen) atoms. The number of pyridine rings is 1. The van der Waals surface area contributed by atoms with Crippen molar-refractivity contribution in [2.24, 2.45) is 0 Å². The van der Waals surface area contributed by atoms with Crippen LogP contribution in [0.15, 0.2) is 67.0 Å². The molecule has 3 N–H and O–H groups in total. The summed E-state index contributed by atoms with van der Waals surface area (Å²) in [5.41, 5.74) is 2.89. The summed E-state index contributed by atoms with van der Waals surface area (Å²) in [6, 6.07) is 14.4. The smallest absolute Gasteiger partial charge is 0.387 e. The first-order valence-corrected chi connectivity index (χ1v) is 13.9. The lowest BCUT2D eigenvalue weighted by Crippen LogP contribution is -2.42. The van der Waals surface area contributed by atoms with Crippen molar-refractivity contribution in [3.63, 3.8) is 0 Å². The molecule has 2 unspecified atom stereocenters. The number of aromatic nitrogens is 1. The first-order valence-electron chi connectivity index (χ1n) is 12.5. The van der Waals surface area contributed by atoms with Crippen LogP contribution >= 0.6 is 0 Å². The van der Waals surface area contributed by atoms with E-state index in [1.165, 1.54) is 16.4 Å². The summed E-state index contributed by atoms with van der Waals surface area (Å²) in [7, 11) is -3.87. The van der Waals surface area contributed by atoms with Crippen LogP contribution in [0.1, 0.15) is 52.2 Å². The molecule has 1 aromatic heterocycles. The van der Waals surface area contributed by atoms with Gasteiger partial charge in [0, 0.05) is 43.3 Å². The highest BCUT2D eigenvalue weighted by Gasteiger charge is 2.43. The van der Waals surface area contributed by atoms with E-state index in [2.05, 4.69) is 15.0 Å². The van der Waals surface area contributed by atoms with E-state index in [4.69, 9.17) is 0 Å². The third kappa shape index (κ3) is 5.85. The van der Waals surface area contributed by atoms with Crippen molar-refractivity contribution in [3.8, 4) is 0 Å². The molecule has 2 aromatic carbocycles. The lowest BCUT2D eigenvalue weighted by atomic mass is 9.97. The average Bonchev–Trinajstić information content (AvgIpc) is 3.15. The van der Waals surface area contributed by atoms with E-state index >= 15 is 0 Å². The second-order valence-electron chi connectivity index (χ2n) is 9.85. The fourth-order valence-electron chi connectivity index (χ4n) is 5.30. The molecule has 5 rings (SSSR count). The molecule has 7 nitrogen and oxygen atoms in total. The van der Waals surface area contributed by atoms with Gasteiger partial charge in [0.15, 0.2) is 0 Å². The van der Waals surface area contributed by atoms with Crippen LogP contribution in [0.2, 0.25) is 0 Å². The Kier molecular flexibility index (Phi) is 7.45. The van der Waals surface area contributed by atoms with E-state index in [1.807, 2.05) is 18.2 Å². The molecule has 1 fully saturated rings. The van der Waals surface area contributed by atoms with Gasteiger partial charge in [-0.05, 0) is 78.2 Å². The number of aliphatic hydroxyl groups is 1. The molecule has 11 heteroatoms. The van der Waals surface area contributed by atoms with Crippen LogP contribution in [0.4, 0.5) is 18.9 Å². The third-order valence-corrected chi connectivity index (χ3v) is 8.72. The van der Waals surface area contributed by atoms with E-state index in [-0.39, 0.29) is 24.9 Å². The predicted molar refractivity (Wildman–Crippen MR) is 138 cm³/mol.